The zero-order valence-electron chi connectivity index (χ0n) is 10.9. The molecule has 3 heteroatoms. The number of carboxylic acid groups (broad SMARTS) is 1. The molecule has 0 aromatic heterocycles. The van der Waals surface area contributed by atoms with Crippen molar-refractivity contribution in [1.29, 1.82) is 0 Å². The molecule has 1 N–H and O–H groups in total. The quantitative estimate of drug-likeness (QED) is 0.851. The molecule has 1 atom stereocenters. The summed E-state index contributed by atoms with van der Waals surface area (Å²) in [6.45, 7) is 7.38. The van der Waals surface area contributed by atoms with E-state index in [2.05, 4.69) is 13.8 Å². The second kappa shape index (κ2) is 5.21. The van der Waals surface area contributed by atoms with Gasteiger partial charge in [-0.1, -0.05) is 26.0 Å². The van der Waals surface area contributed by atoms with Gasteiger partial charge in [0.1, 0.15) is 5.75 Å². The topological polar surface area (TPSA) is 46.5 Å². The molecule has 0 aliphatic carbocycles. The van der Waals surface area contributed by atoms with Crippen LogP contribution < -0.4 is 4.74 Å². The molecule has 0 saturated heterocycles. The van der Waals surface area contributed by atoms with E-state index in [9.17, 15) is 4.79 Å². The summed E-state index contributed by atoms with van der Waals surface area (Å²) >= 11 is 0. The molecule has 1 aromatic rings. The van der Waals surface area contributed by atoms with E-state index >= 15 is 0 Å². The van der Waals surface area contributed by atoms with Crippen molar-refractivity contribution in [2.45, 2.75) is 45.6 Å². The van der Waals surface area contributed by atoms with Crippen molar-refractivity contribution in [3.63, 3.8) is 0 Å². The monoisotopic (exact) mass is 236 g/mol. The fraction of sp³-hybridized carbons (Fsp3) is 0.500. The van der Waals surface area contributed by atoms with Crippen molar-refractivity contribution in [1.82, 2.24) is 0 Å². The molecule has 0 fully saturated rings. The van der Waals surface area contributed by atoms with Crippen LogP contribution in [-0.2, 0) is 4.79 Å². The van der Waals surface area contributed by atoms with Crippen LogP contribution in [0.4, 0.5) is 0 Å². The van der Waals surface area contributed by atoms with Crippen LogP contribution >= 0.6 is 0 Å². The van der Waals surface area contributed by atoms with E-state index in [-0.39, 0.29) is 0 Å². The van der Waals surface area contributed by atoms with Crippen LogP contribution in [0.15, 0.2) is 24.3 Å². The lowest BCUT2D eigenvalue weighted by molar-refractivity contribution is -0.152. The van der Waals surface area contributed by atoms with Gasteiger partial charge in [-0.3, -0.25) is 0 Å². The maximum atomic E-state index is 10.9. The zero-order chi connectivity index (χ0) is 13.1. The molecular formula is C14H20O3. The van der Waals surface area contributed by atoms with Gasteiger partial charge in [-0.05, 0) is 43.9 Å². The van der Waals surface area contributed by atoms with Gasteiger partial charge >= 0.3 is 5.97 Å². The Morgan fingerprint density at radius 3 is 2.29 bits per heavy atom. The molecule has 0 spiro atoms. The van der Waals surface area contributed by atoms with Crippen molar-refractivity contribution in [2.75, 3.05) is 0 Å². The summed E-state index contributed by atoms with van der Waals surface area (Å²) < 4.78 is 5.43. The summed E-state index contributed by atoms with van der Waals surface area (Å²) in [5, 5.41) is 8.96. The van der Waals surface area contributed by atoms with Gasteiger partial charge in [0.2, 0.25) is 0 Å². The number of ether oxygens (including phenoxy) is 1. The summed E-state index contributed by atoms with van der Waals surface area (Å²) in [5.74, 6) is 0.129. The second-order valence-electron chi connectivity index (χ2n) is 4.80. The molecule has 3 nitrogen and oxygen atoms in total. The molecule has 0 amide bonds. The lowest BCUT2D eigenvalue weighted by atomic mass is 9.99. The maximum absolute atomic E-state index is 10.9. The molecular weight excluding hydrogens is 216 g/mol. The normalized spacial score (nSPS) is 13.2. The van der Waals surface area contributed by atoms with Crippen LogP contribution in [0, 0.1) is 0 Å². The van der Waals surface area contributed by atoms with Crippen LogP contribution in [0.2, 0.25) is 0 Å². The molecule has 0 heterocycles. The van der Waals surface area contributed by atoms with Gasteiger partial charge in [0.05, 0.1) is 0 Å². The third kappa shape index (κ3) is 3.48. The van der Waals surface area contributed by atoms with Crippen molar-refractivity contribution in [3.05, 3.63) is 29.8 Å². The van der Waals surface area contributed by atoms with E-state index in [4.69, 9.17) is 9.84 Å². The Morgan fingerprint density at radius 2 is 1.88 bits per heavy atom. The minimum atomic E-state index is -1.20. The number of carboxylic acids is 1. The highest BCUT2D eigenvalue weighted by Crippen LogP contribution is 2.23. The first kappa shape index (κ1) is 13.6. The van der Waals surface area contributed by atoms with Gasteiger partial charge < -0.3 is 9.84 Å². The van der Waals surface area contributed by atoms with Gasteiger partial charge in [0.25, 0.3) is 0 Å². The van der Waals surface area contributed by atoms with Gasteiger partial charge in [-0.2, -0.15) is 0 Å². The van der Waals surface area contributed by atoms with E-state index in [0.717, 1.165) is 6.42 Å². The van der Waals surface area contributed by atoms with Crippen molar-refractivity contribution in [3.8, 4) is 5.75 Å². The molecule has 0 aliphatic rings. The van der Waals surface area contributed by atoms with Gasteiger partial charge in [-0.15, -0.1) is 0 Å². The average Bonchev–Trinajstić information content (AvgIpc) is 2.28. The molecule has 0 aliphatic heterocycles. The summed E-state index contributed by atoms with van der Waals surface area (Å²) in [6.07, 6.45) is 1.08. The highest BCUT2D eigenvalue weighted by Gasteiger charge is 2.29. The molecule has 1 rings (SSSR count). The summed E-state index contributed by atoms with van der Waals surface area (Å²) in [6, 6.07) is 7.63. The fourth-order valence-electron chi connectivity index (χ4n) is 1.44. The Morgan fingerprint density at radius 1 is 1.35 bits per heavy atom. The molecule has 94 valence electrons. The van der Waals surface area contributed by atoms with E-state index < -0.39 is 11.6 Å². The van der Waals surface area contributed by atoms with Crippen LogP contribution in [0.1, 0.15) is 45.6 Å². The van der Waals surface area contributed by atoms with E-state index in [0.29, 0.717) is 11.7 Å². The number of hydrogen-bond acceptors (Lipinski definition) is 2. The van der Waals surface area contributed by atoms with Crippen molar-refractivity contribution in [2.24, 2.45) is 0 Å². The maximum Gasteiger partial charge on any atom is 0.347 e. The number of benzene rings is 1. The van der Waals surface area contributed by atoms with Crippen molar-refractivity contribution >= 4 is 5.97 Å². The Kier molecular flexibility index (Phi) is 4.16. The molecule has 0 bridgehead atoms. The summed E-state index contributed by atoms with van der Waals surface area (Å²) in [7, 11) is 0. The molecule has 1 aromatic carbocycles. The third-order valence-electron chi connectivity index (χ3n) is 2.95. The van der Waals surface area contributed by atoms with E-state index in [1.807, 2.05) is 24.3 Å². The first-order chi connectivity index (χ1) is 7.86. The summed E-state index contributed by atoms with van der Waals surface area (Å²) in [4.78, 5) is 10.9. The molecule has 17 heavy (non-hydrogen) atoms. The van der Waals surface area contributed by atoms with Gasteiger partial charge in [0.15, 0.2) is 5.60 Å². The van der Waals surface area contributed by atoms with Gasteiger partial charge in [-0.25, -0.2) is 4.79 Å². The first-order valence-electron chi connectivity index (χ1n) is 5.89. The standard InChI is InChI=1S/C14H20O3/c1-5-10(2)11-6-8-12(9-7-11)17-14(3,4)13(15)16/h6-10H,5H2,1-4H3,(H,15,16). The zero-order valence-corrected chi connectivity index (χ0v) is 10.9. The van der Waals surface area contributed by atoms with Crippen molar-refractivity contribution < 1.29 is 14.6 Å². The number of hydrogen-bond donors (Lipinski definition) is 1. The van der Waals surface area contributed by atoms with Gasteiger partial charge in [0, 0.05) is 0 Å². The van der Waals surface area contributed by atoms with Crippen LogP contribution in [0.25, 0.3) is 0 Å². The SMILES string of the molecule is CCC(C)c1ccc(OC(C)(C)C(=O)O)cc1. The van der Waals surface area contributed by atoms with E-state index in [1.165, 1.54) is 19.4 Å². The Balaban J connectivity index is 2.79. The Hall–Kier alpha value is -1.51. The third-order valence-corrected chi connectivity index (χ3v) is 2.95. The minimum absolute atomic E-state index is 0.511. The van der Waals surface area contributed by atoms with Crippen LogP contribution in [0.5, 0.6) is 5.75 Å². The second-order valence-corrected chi connectivity index (χ2v) is 4.80. The smallest absolute Gasteiger partial charge is 0.347 e. The Labute approximate surface area is 102 Å². The minimum Gasteiger partial charge on any atom is -0.478 e. The largest absolute Gasteiger partial charge is 0.478 e. The lowest BCUT2D eigenvalue weighted by Gasteiger charge is -2.21. The predicted octanol–water partition coefficient (Wildman–Crippen LogP) is 3.44. The summed E-state index contributed by atoms with van der Waals surface area (Å²) in [5.41, 5.74) is 0.0470. The molecule has 0 saturated carbocycles. The van der Waals surface area contributed by atoms with Crippen LogP contribution in [-0.4, -0.2) is 16.7 Å². The highest BCUT2D eigenvalue weighted by atomic mass is 16.5. The lowest BCUT2D eigenvalue weighted by Crippen LogP contribution is -2.37. The molecule has 1 unspecified atom stereocenters. The number of rotatable bonds is 5. The Bertz CT molecular complexity index is 379. The van der Waals surface area contributed by atoms with E-state index in [1.54, 1.807) is 0 Å². The van der Waals surface area contributed by atoms with Crippen LogP contribution in [0.3, 0.4) is 0 Å². The molecule has 0 radical (unpaired) electrons. The predicted molar refractivity (Wildman–Crippen MR) is 67.5 cm³/mol. The highest BCUT2D eigenvalue weighted by molar-refractivity contribution is 5.76. The number of aliphatic carboxylic acids is 1. The average molecular weight is 236 g/mol. The fourth-order valence-corrected chi connectivity index (χ4v) is 1.44. The first-order valence-corrected chi connectivity index (χ1v) is 5.89. The number of carbonyl (C=O) groups is 1.